The standard InChI is InChI=1S/C18H20N2O4.ClH/c1-13(18(22)14-6-3-2-4-7-14)19-11-10-17(21)15-8-5-9-16(12-15)20(23)24;/h2-9,12-13,18-19,22H,10-11H2,1H3;1H/t13-,18-;/m1./s1. The van der Waals surface area contributed by atoms with Gasteiger partial charge in [0.05, 0.1) is 11.0 Å². The fourth-order valence-corrected chi connectivity index (χ4v) is 2.40. The van der Waals surface area contributed by atoms with Gasteiger partial charge in [0, 0.05) is 36.7 Å². The molecule has 0 aliphatic rings. The summed E-state index contributed by atoms with van der Waals surface area (Å²) in [5.41, 5.74) is 1.03. The Morgan fingerprint density at radius 3 is 2.52 bits per heavy atom. The molecule has 0 spiro atoms. The summed E-state index contributed by atoms with van der Waals surface area (Å²) < 4.78 is 0. The van der Waals surface area contributed by atoms with Crippen LogP contribution in [0.5, 0.6) is 0 Å². The highest BCUT2D eigenvalue weighted by Crippen LogP contribution is 2.17. The number of ketones is 1. The molecule has 0 unspecified atom stereocenters. The van der Waals surface area contributed by atoms with Crippen LogP contribution in [0.25, 0.3) is 0 Å². The van der Waals surface area contributed by atoms with Crippen molar-refractivity contribution < 1.29 is 14.8 Å². The number of Topliss-reactive ketones (excluding diaryl/α,β-unsaturated/α-hetero) is 1. The second kappa shape index (κ2) is 9.88. The molecule has 2 N–H and O–H groups in total. The van der Waals surface area contributed by atoms with Gasteiger partial charge in [0.15, 0.2) is 5.78 Å². The molecule has 0 saturated heterocycles. The summed E-state index contributed by atoms with van der Waals surface area (Å²) >= 11 is 0. The van der Waals surface area contributed by atoms with Crippen LogP contribution >= 0.6 is 12.4 Å². The van der Waals surface area contributed by atoms with Crippen molar-refractivity contribution in [1.82, 2.24) is 5.32 Å². The number of nitrogens with one attached hydrogen (secondary N) is 1. The summed E-state index contributed by atoms with van der Waals surface area (Å²) in [4.78, 5) is 22.3. The minimum absolute atomic E-state index is 0. The third-order valence-electron chi connectivity index (χ3n) is 3.81. The average molecular weight is 365 g/mol. The lowest BCUT2D eigenvalue weighted by Crippen LogP contribution is -2.33. The van der Waals surface area contributed by atoms with E-state index < -0.39 is 11.0 Å². The molecule has 0 aliphatic heterocycles. The number of carbonyl (C=O) groups excluding carboxylic acids is 1. The monoisotopic (exact) mass is 364 g/mol. The molecule has 0 saturated carbocycles. The molecule has 0 aliphatic carbocycles. The predicted octanol–water partition coefficient (Wildman–Crippen LogP) is 3.30. The molecular weight excluding hydrogens is 344 g/mol. The normalized spacial score (nSPS) is 12.7. The number of carbonyl (C=O) groups is 1. The first-order chi connectivity index (χ1) is 11.5. The van der Waals surface area contributed by atoms with Crippen LogP contribution in [0.3, 0.4) is 0 Å². The number of nitro groups is 1. The van der Waals surface area contributed by atoms with Crippen LogP contribution in [0.2, 0.25) is 0 Å². The average Bonchev–Trinajstić information content (AvgIpc) is 2.61. The molecule has 0 heterocycles. The number of rotatable bonds is 8. The van der Waals surface area contributed by atoms with Gasteiger partial charge < -0.3 is 10.4 Å². The molecule has 7 heteroatoms. The molecule has 0 fully saturated rings. The topological polar surface area (TPSA) is 92.5 Å². The molecule has 6 nitrogen and oxygen atoms in total. The maximum atomic E-state index is 12.1. The summed E-state index contributed by atoms with van der Waals surface area (Å²) in [5, 5.41) is 24.1. The van der Waals surface area contributed by atoms with E-state index in [4.69, 9.17) is 0 Å². The van der Waals surface area contributed by atoms with E-state index in [-0.39, 0.29) is 36.3 Å². The van der Waals surface area contributed by atoms with Crippen molar-refractivity contribution in [3.63, 3.8) is 0 Å². The fourth-order valence-electron chi connectivity index (χ4n) is 2.40. The van der Waals surface area contributed by atoms with Crippen molar-refractivity contribution in [2.45, 2.75) is 25.5 Å². The summed E-state index contributed by atoms with van der Waals surface area (Å²) in [6.45, 7) is 2.22. The number of nitrogens with zero attached hydrogens (tertiary/aromatic N) is 1. The van der Waals surface area contributed by atoms with Gasteiger partial charge in [0.1, 0.15) is 0 Å². The summed E-state index contributed by atoms with van der Waals surface area (Å²) in [5.74, 6) is -0.174. The number of aliphatic hydroxyl groups is 1. The maximum absolute atomic E-state index is 12.1. The van der Waals surface area contributed by atoms with Crippen LogP contribution in [-0.4, -0.2) is 28.4 Å². The van der Waals surface area contributed by atoms with Crippen LogP contribution in [0.15, 0.2) is 54.6 Å². The third kappa shape index (κ3) is 5.94. The van der Waals surface area contributed by atoms with E-state index in [1.165, 1.54) is 18.2 Å². The first-order valence-electron chi connectivity index (χ1n) is 7.73. The highest BCUT2D eigenvalue weighted by molar-refractivity contribution is 5.96. The molecule has 2 atom stereocenters. The smallest absolute Gasteiger partial charge is 0.270 e. The van der Waals surface area contributed by atoms with Gasteiger partial charge in [0.25, 0.3) is 5.69 Å². The van der Waals surface area contributed by atoms with Crippen LogP contribution in [0.1, 0.15) is 35.4 Å². The number of hydrogen-bond acceptors (Lipinski definition) is 5. The van der Waals surface area contributed by atoms with Gasteiger partial charge in [-0.05, 0) is 12.5 Å². The zero-order valence-corrected chi connectivity index (χ0v) is 14.6. The van der Waals surface area contributed by atoms with Crippen molar-refractivity contribution in [3.8, 4) is 0 Å². The Balaban J connectivity index is 0.00000312. The van der Waals surface area contributed by atoms with Crippen molar-refractivity contribution in [2.24, 2.45) is 0 Å². The second-order valence-electron chi connectivity index (χ2n) is 5.58. The van der Waals surface area contributed by atoms with Crippen molar-refractivity contribution in [2.75, 3.05) is 6.54 Å². The molecule has 0 amide bonds. The summed E-state index contributed by atoms with van der Waals surface area (Å²) in [6.07, 6.45) is -0.466. The Morgan fingerprint density at radius 2 is 1.88 bits per heavy atom. The van der Waals surface area contributed by atoms with Gasteiger partial charge in [-0.3, -0.25) is 14.9 Å². The Hall–Kier alpha value is -2.28. The number of halogens is 1. The Bertz CT molecular complexity index is 709. The van der Waals surface area contributed by atoms with Crippen LogP contribution < -0.4 is 5.32 Å². The van der Waals surface area contributed by atoms with Crippen molar-refractivity contribution >= 4 is 23.9 Å². The third-order valence-corrected chi connectivity index (χ3v) is 3.81. The summed E-state index contributed by atoms with van der Waals surface area (Å²) in [6, 6.07) is 14.8. The molecular formula is C18H21ClN2O4. The van der Waals surface area contributed by atoms with E-state index in [1.54, 1.807) is 6.07 Å². The molecule has 134 valence electrons. The van der Waals surface area contributed by atoms with Gasteiger partial charge in [0.2, 0.25) is 0 Å². The minimum Gasteiger partial charge on any atom is -0.387 e. The lowest BCUT2D eigenvalue weighted by molar-refractivity contribution is -0.384. The lowest BCUT2D eigenvalue weighted by atomic mass is 10.0. The van der Waals surface area contributed by atoms with Gasteiger partial charge in [-0.2, -0.15) is 0 Å². The molecule has 0 radical (unpaired) electrons. The van der Waals surface area contributed by atoms with Gasteiger partial charge >= 0.3 is 0 Å². The first kappa shape index (κ1) is 20.8. The molecule has 0 aromatic heterocycles. The molecule has 0 bridgehead atoms. The Morgan fingerprint density at radius 1 is 1.20 bits per heavy atom. The minimum atomic E-state index is -0.667. The largest absolute Gasteiger partial charge is 0.387 e. The number of aliphatic hydroxyl groups excluding tert-OH is 1. The molecule has 25 heavy (non-hydrogen) atoms. The van der Waals surface area contributed by atoms with E-state index in [9.17, 15) is 20.0 Å². The fraction of sp³-hybridized carbons (Fsp3) is 0.278. The number of nitro benzene ring substituents is 1. The maximum Gasteiger partial charge on any atom is 0.270 e. The van der Waals surface area contributed by atoms with Gasteiger partial charge in [-0.25, -0.2) is 0 Å². The Labute approximate surface area is 152 Å². The van der Waals surface area contributed by atoms with Crippen molar-refractivity contribution in [1.29, 1.82) is 0 Å². The zero-order chi connectivity index (χ0) is 17.5. The molecule has 2 rings (SSSR count). The van der Waals surface area contributed by atoms with E-state index in [0.29, 0.717) is 12.1 Å². The predicted molar refractivity (Wildman–Crippen MR) is 98.2 cm³/mol. The second-order valence-corrected chi connectivity index (χ2v) is 5.58. The number of benzene rings is 2. The van der Waals surface area contributed by atoms with E-state index in [2.05, 4.69) is 5.32 Å². The molecule has 2 aromatic rings. The number of non-ortho nitro benzene ring substituents is 1. The Kier molecular flexibility index (Phi) is 8.21. The van der Waals surface area contributed by atoms with E-state index in [1.807, 2.05) is 37.3 Å². The van der Waals surface area contributed by atoms with Crippen LogP contribution in [0.4, 0.5) is 5.69 Å². The van der Waals surface area contributed by atoms with Crippen molar-refractivity contribution in [3.05, 3.63) is 75.8 Å². The SMILES string of the molecule is C[C@@H](NCCC(=O)c1cccc([N+](=O)[O-])c1)[C@@H](O)c1ccccc1.Cl. The number of hydrogen-bond donors (Lipinski definition) is 2. The molecule has 2 aromatic carbocycles. The zero-order valence-electron chi connectivity index (χ0n) is 13.8. The van der Waals surface area contributed by atoms with Gasteiger partial charge in [-0.15, -0.1) is 12.4 Å². The lowest BCUT2D eigenvalue weighted by Gasteiger charge is -2.20. The van der Waals surface area contributed by atoms with E-state index in [0.717, 1.165) is 5.56 Å². The first-order valence-corrected chi connectivity index (χ1v) is 7.73. The highest BCUT2D eigenvalue weighted by atomic mass is 35.5. The summed E-state index contributed by atoms with van der Waals surface area (Å²) in [7, 11) is 0. The van der Waals surface area contributed by atoms with E-state index >= 15 is 0 Å². The van der Waals surface area contributed by atoms with Gasteiger partial charge in [-0.1, -0.05) is 42.5 Å². The highest BCUT2D eigenvalue weighted by Gasteiger charge is 2.16. The van der Waals surface area contributed by atoms with Crippen LogP contribution in [-0.2, 0) is 0 Å². The quantitative estimate of drug-likeness (QED) is 0.426. The van der Waals surface area contributed by atoms with Crippen LogP contribution in [0, 0.1) is 10.1 Å².